The summed E-state index contributed by atoms with van der Waals surface area (Å²) in [5.41, 5.74) is 6.45. The summed E-state index contributed by atoms with van der Waals surface area (Å²) in [6, 6.07) is 3.11. The van der Waals surface area contributed by atoms with Crippen LogP contribution in [0.15, 0.2) is 18.3 Å². The van der Waals surface area contributed by atoms with Crippen molar-refractivity contribution in [2.24, 2.45) is 0 Å². The predicted molar refractivity (Wildman–Crippen MR) is 46.0 cm³/mol. The molecule has 2 aromatic rings. The molecule has 2 rings (SSSR count). The molecule has 1 aromatic heterocycles. The number of fused-ring (bicyclic) bond motifs is 1. The van der Waals surface area contributed by atoms with Gasteiger partial charge in [0.1, 0.15) is 5.75 Å². The lowest BCUT2D eigenvalue weighted by Crippen LogP contribution is -2.08. The number of hydrogen-bond acceptors (Lipinski definition) is 4. The van der Waals surface area contributed by atoms with E-state index in [2.05, 4.69) is 5.10 Å². The number of nitrogen functional groups attached to an aromatic ring is 2. The summed E-state index contributed by atoms with van der Waals surface area (Å²) < 4.78 is 0. The minimum Gasteiger partial charge on any atom is -0.506 e. The highest BCUT2D eigenvalue weighted by atomic mass is 16.3. The van der Waals surface area contributed by atoms with Crippen molar-refractivity contribution in [3.63, 3.8) is 0 Å². The number of phenolic OH excluding ortho intramolecular Hbond substituents is 1. The third kappa shape index (κ3) is 0.763. The standard InChI is InChI=1S/C7H8N4O/c8-5-1-4-3-10-11(9)6(4)2-7(5)12/h1-3,12H,8-9H2. The van der Waals surface area contributed by atoms with Crippen molar-refractivity contribution in [3.05, 3.63) is 18.3 Å². The first-order valence-electron chi connectivity index (χ1n) is 3.40. The van der Waals surface area contributed by atoms with Gasteiger partial charge in [0.2, 0.25) is 0 Å². The molecule has 5 N–H and O–H groups in total. The molecular formula is C7H8N4O. The van der Waals surface area contributed by atoms with E-state index >= 15 is 0 Å². The molecule has 0 aliphatic carbocycles. The third-order valence-electron chi connectivity index (χ3n) is 1.74. The smallest absolute Gasteiger partial charge is 0.140 e. The van der Waals surface area contributed by atoms with Gasteiger partial charge in [0.05, 0.1) is 17.4 Å². The maximum atomic E-state index is 9.24. The normalized spacial score (nSPS) is 10.7. The fourth-order valence-electron chi connectivity index (χ4n) is 1.10. The molecule has 0 saturated heterocycles. The van der Waals surface area contributed by atoms with Crippen LogP contribution < -0.4 is 11.6 Å². The van der Waals surface area contributed by atoms with Crippen LogP contribution in [0.4, 0.5) is 5.69 Å². The van der Waals surface area contributed by atoms with Crippen molar-refractivity contribution in [2.75, 3.05) is 11.6 Å². The van der Waals surface area contributed by atoms with Gasteiger partial charge in [-0.25, -0.2) is 0 Å². The number of anilines is 1. The number of hydrogen-bond donors (Lipinski definition) is 3. The second-order valence-corrected chi connectivity index (χ2v) is 2.56. The average molecular weight is 164 g/mol. The van der Waals surface area contributed by atoms with Gasteiger partial charge in [-0.05, 0) is 6.07 Å². The molecule has 0 fully saturated rings. The number of aromatic hydroxyl groups is 1. The number of aromatic nitrogens is 2. The fraction of sp³-hybridized carbons (Fsp3) is 0. The average Bonchev–Trinajstić information content (AvgIpc) is 2.35. The van der Waals surface area contributed by atoms with E-state index in [1.54, 1.807) is 12.3 Å². The van der Waals surface area contributed by atoms with Gasteiger partial charge in [0.15, 0.2) is 0 Å². The lowest BCUT2D eigenvalue weighted by molar-refractivity contribution is 0.478. The quantitative estimate of drug-likeness (QED) is 0.291. The Morgan fingerprint density at radius 2 is 2.17 bits per heavy atom. The summed E-state index contributed by atoms with van der Waals surface area (Å²) in [6.45, 7) is 0. The molecular weight excluding hydrogens is 156 g/mol. The number of phenols is 1. The van der Waals surface area contributed by atoms with E-state index in [4.69, 9.17) is 11.6 Å². The van der Waals surface area contributed by atoms with Crippen molar-refractivity contribution < 1.29 is 5.11 Å². The van der Waals surface area contributed by atoms with Gasteiger partial charge in [-0.3, -0.25) is 0 Å². The van der Waals surface area contributed by atoms with Crippen LogP contribution in [0.5, 0.6) is 5.75 Å². The molecule has 0 aliphatic heterocycles. The van der Waals surface area contributed by atoms with E-state index in [0.717, 1.165) is 5.39 Å². The van der Waals surface area contributed by atoms with E-state index in [9.17, 15) is 5.11 Å². The Morgan fingerprint density at radius 1 is 1.42 bits per heavy atom. The highest BCUT2D eigenvalue weighted by Gasteiger charge is 2.03. The molecule has 0 aliphatic rings. The monoisotopic (exact) mass is 164 g/mol. The zero-order valence-electron chi connectivity index (χ0n) is 6.23. The van der Waals surface area contributed by atoms with Crippen LogP contribution in [0.1, 0.15) is 0 Å². The Bertz CT molecular complexity index is 434. The molecule has 0 radical (unpaired) electrons. The topological polar surface area (TPSA) is 90.1 Å². The van der Waals surface area contributed by atoms with E-state index in [-0.39, 0.29) is 5.75 Å². The van der Waals surface area contributed by atoms with Crippen LogP contribution in [0.3, 0.4) is 0 Å². The van der Waals surface area contributed by atoms with Gasteiger partial charge < -0.3 is 16.7 Å². The molecule has 0 amide bonds. The van der Waals surface area contributed by atoms with Crippen LogP contribution in [-0.2, 0) is 0 Å². The van der Waals surface area contributed by atoms with Crippen molar-refractivity contribution >= 4 is 16.6 Å². The molecule has 0 spiro atoms. The molecule has 5 heteroatoms. The zero-order chi connectivity index (χ0) is 8.72. The minimum absolute atomic E-state index is 0.0229. The molecule has 0 bridgehead atoms. The van der Waals surface area contributed by atoms with E-state index < -0.39 is 0 Å². The second kappa shape index (κ2) is 2.04. The van der Waals surface area contributed by atoms with Gasteiger partial charge in [0.25, 0.3) is 0 Å². The Labute approximate surface area is 68.2 Å². The highest BCUT2D eigenvalue weighted by Crippen LogP contribution is 2.25. The number of nitrogens with zero attached hydrogens (tertiary/aromatic N) is 2. The van der Waals surface area contributed by atoms with E-state index in [1.807, 2.05) is 0 Å². The van der Waals surface area contributed by atoms with E-state index in [1.165, 1.54) is 10.9 Å². The van der Waals surface area contributed by atoms with Crippen molar-refractivity contribution in [1.29, 1.82) is 0 Å². The van der Waals surface area contributed by atoms with Gasteiger partial charge in [-0.1, -0.05) is 0 Å². The van der Waals surface area contributed by atoms with Gasteiger partial charge >= 0.3 is 0 Å². The summed E-state index contributed by atoms with van der Waals surface area (Å²) in [7, 11) is 0. The third-order valence-corrected chi connectivity index (χ3v) is 1.74. The Hall–Kier alpha value is -1.91. The summed E-state index contributed by atoms with van der Waals surface area (Å²) >= 11 is 0. The number of rotatable bonds is 0. The number of benzene rings is 1. The number of nitrogens with two attached hydrogens (primary N) is 2. The largest absolute Gasteiger partial charge is 0.506 e. The molecule has 1 heterocycles. The maximum Gasteiger partial charge on any atom is 0.140 e. The molecule has 1 aromatic carbocycles. The lowest BCUT2D eigenvalue weighted by atomic mass is 10.2. The van der Waals surface area contributed by atoms with Gasteiger partial charge in [-0.15, -0.1) is 0 Å². The second-order valence-electron chi connectivity index (χ2n) is 2.56. The van der Waals surface area contributed by atoms with Gasteiger partial charge in [-0.2, -0.15) is 9.89 Å². The molecule has 0 atom stereocenters. The van der Waals surface area contributed by atoms with Crippen molar-refractivity contribution in [3.8, 4) is 5.75 Å². The predicted octanol–water partition coefficient (Wildman–Crippen LogP) is 0.0379. The Balaban J connectivity index is 2.87. The van der Waals surface area contributed by atoms with Crippen LogP contribution >= 0.6 is 0 Å². The molecule has 62 valence electrons. The minimum atomic E-state index is 0.0229. The van der Waals surface area contributed by atoms with E-state index in [0.29, 0.717) is 11.2 Å². The van der Waals surface area contributed by atoms with Crippen LogP contribution in [0, 0.1) is 0 Å². The molecule has 0 unspecified atom stereocenters. The Morgan fingerprint density at radius 3 is 2.92 bits per heavy atom. The van der Waals surface area contributed by atoms with Crippen LogP contribution in [0.25, 0.3) is 10.9 Å². The van der Waals surface area contributed by atoms with Gasteiger partial charge in [0, 0.05) is 11.5 Å². The highest BCUT2D eigenvalue weighted by molar-refractivity contribution is 5.84. The maximum absolute atomic E-state index is 9.24. The fourth-order valence-corrected chi connectivity index (χ4v) is 1.10. The van der Waals surface area contributed by atoms with Crippen LogP contribution in [0.2, 0.25) is 0 Å². The summed E-state index contributed by atoms with van der Waals surface area (Å²) in [5, 5.41) is 13.9. The van der Waals surface area contributed by atoms with Crippen LogP contribution in [-0.4, -0.2) is 15.0 Å². The lowest BCUT2D eigenvalue weighted by Gasteiger charge is -1.98. The molecule has 12 heavy (non-hydrogen) atoms. The Kier molecular flexibility index (Phi) is 1.15. The zero-order valence-corrected chi connectivity index (χ0v) is 6.23. The first-order chi connectivity index (χ1) is 5.68. The van der Waals surface area contributed by atoms with Crippen molar-refractivity contribution in [2.45, 2.75) is 0 Å². The molecule has 0 saturated carbocycles. The molecule has 5 nitrogen and oxygen atoms in total. The van der Waals surface area contributed by atoms with Crippen molar-refractivity contribution in [1.82, 2.24) is 9.89 Å². The summed E-state index contributed by atoms with van der Waals surface area (Å²) in [6.07, 6.45) is 1.59. The first-order valence-corrected chi connectivity index (χ1v) is 3.40. The SMILES string of the molecule is Nc1cc2cnn(N)c2cc1O. The summed E-state index contributed by atoms with van der Waals surface area (Å²) in [4.78, 5) is 1.19. The summed E-state index contributed by atoms with van der Waals surface area (Å²) in [5.74, 6) is 5.47. The first kappa shape index (κ1) is 6.78.